The fraction of sp³-hybridized carbons (Fsp3) is 0.333. The summed E-state index contributed by atoms with van der Waals surface area (Å²) in [5.74, 6) is 5.66. The average Bonchev–Trinajstić information content (AvgIpc) is 1.85. The Morgan fingerprint density at radius 2 is 1.64 bits per heavy atom. The summed E-state index contributed by atoms with van der Waals surface area (Å²) in [6.45, 7) is 6.80. The molecule has 2 heteroatoms. The van der Waals surface area contributed by atoms with Gasteiger partial charge in [0.25, 0.3) is 0 Å². The second-order valence-corrected chi connectivity index (χ2v) is 8.60. The molecular formula is C9H13ClSi. The molecule has 0 radical (unpaired) electrons. The van der Waals surface area contributed by atoms with E-state index in [-0.39, 0.29) is 0 Å². The molecule has 0 aromatic rings. The van der Waals surface area contributed by atoms with Crippen LogP contribution in [0.25, 0.3) is 0 Å². The van der Waals surface area contributed by atoms with E-state index in [1.807, 2.05) is 6.08 Å². The lowest BCUT2D eigenvalue weighted by atomic mass is 10.5. The maximum absolute atomic E-state index is 5.27. The molecular weight excluding hydrogens is 172 g/mol. The summed E-state index contributed by atoms with van der Waals surface area (Å²) in [5, 5.41) is 0. The van der Waals surface area contributed by atoms with Gasteiger partial charge in [-0.15, -0.1) is 0 Å². The van der Waals surface area contributed by atoms with E-state index in [1.165, 1.54) is 5.54 Å². The monoisotopic (exact) mass is 184 g/mol. The zero-order chi connectivity index (χ0) is 8.74. The van der Waals surface area contributed by atoms with Crippen LogP contribution in [0.5, 0.6) is 0 Å². The Hall–Kier alpha value is -0.453. The molecule has 0 aromatic heterocycles. The smallest absolute Gasteiger partial charge is 0.0695 e. The van der Waals surface area contributed by atoms with Gasteiger partial charge in [0.2, 0.25) is 0 Å². The van der Waals surface area contributed by atoms with Crippen LogP contribution in [0.4, 0.5) is 0 Å². The first-order chi connectivity index (χ1) is 5.06. The predicted molar refractivity (Wildman–Crippen MR) is 55.3 cm³/mol. The topological polar surface area (TPSA) is 0 Å². The van der Waals surface area contributed by atoms with Crippen LogP contribution in [0.1, 0.15) is 0 Å². The molecule has 0 atom stereocenters. The van der Waals surface area contributed by atoms with Gasteiger partial charge < -0.3 is 0 Å². The third-order valence-electron chi connectivity index (χ3n) is 0.896. The molecule has 0 heterocycles. The van der Waals surface area contributed by atoms with Crippen molar-refractivity contribution in [1.29, 1.82) is 0 Å². The van der Waals surface area contributed by atoms with Crippen molar-refractivity contribution in [2.75, 3.05) is 0 Å². The van der Waals surface area contributed by atoms with Gasteiger partial charge in [-0.3, -0.25) is 0 Å². The highest BCUT2D eigenvalue weighted by molar-refractivity contribution is 6.81. The van der Waals surface area contributed by atoms with Gasteiger partial charge in [0.1, 0.15) is 0 Å². The Bertz CT molecular complexity index is 210. The number of hydrogen-bond donors (Lipinski definition) is 0. The first kappa shape index (κ1) is 10.5. The molecule has 0 amide bonds. The second kappa shape index (κ2) is 5.23. The Balaban J connectivity index is 3.90. The van der Waals surface area contributed by atoms with Gasteiger partial charge in [0.15, 0.2) is 0 Å². The molecule has 0 bridgehead atoms. The maximum Gasteiger partial charge on any atom is 0.0695 e. The molecule has 0 unspecified atom stereocenters. The van der Waals surface area contributed by atoms with Crippen molar-refractivity contribution >= 4 is 19.7 Å². The average molecular weight is 185 g/mol. The molecule has 11 heavy (non-hydrogen) atoms. The second-order valence-electron chi connectivity index (χ2n) is 3.28. The summed E-state index contributed by atoms with van der Waals surface area (Å²) in [5.41, 5.74) is 3.61. The molecule has 0 nitrogen and oxygen atoms in total. The van der Waals surface area contributed by atoms with E-state index < -0.39 is 8.07 Å². The van der Waals surface area contributed by atoms with E-state index in [9.17, 15) is 0 Å². The molecule has 0 saturated heterocycles. The summed E-state index contributed by atoms with van der Waals surface area (Å²) in [7, 11) is -1.06. The zero-order valence-corrected chi connectivity index (χ0v) is 8.94. The molecule has 0 fully saturated rings. The van der Waals surface area contributed by atoms with Crippen molar-refractivity contribution in [1.82, 2.24) is 0 Å². The predicted octanol–water partition coefficient (Wildman–Crippen LogP) is 3.18. The van der Waals surface area contributed by atoms with Crippen LogP contribution in [0.15, 0.2) is 23.4 Å². The quantitative estimate of drug-likeness (QED) is 0.434. The highest BCUT2D eigenvalue weighted by Crippen LogP contribution is 2.00. The summed E-state index contributed by atoms with van der Waals surface area (Å²) < 4.78 is 0. The van der Waals surface area contributed by atoms with E-state index in [2.05, 4.69) is 37.2 Å². The van der Waals surface area contributed by atoms with E-state index in [1.54, 1.807) is 6.08 Å². The number of halogens is 1. The third-order valence-corrected chi connectivity index (χ3v) is 2.19. The van der Waals surface area contributed by atoms with Gasteiger partial charge in [-0.05, 0) is 12.2 Å². The minimum Gasteiger partial charge on any atom is -0.0923 e. The minimum atomic E-state index is -1.06. The van der Waals surface area contributed by atoms with Crippen molar-refractivity contribution in [2.24, 2.45) is 0 Å². The van der Waals surface area contributed by atoms with Crippen LogP contribution in [0, 0.1) is 11.8 Å². The lowest BCUT2D eigenvalue weighted by molar-refractivity contribution is 1.77. The number of hydrogen-bond acceptors (Lipinski definition) is 0. The fourth-order valence-corrected chi connectivity index (χ4v) is 1.07. The van der Waals surface area contributed by atoms with E-state index in [4.69, 9.17) is 11.6 Å². The van der Waals surface area contributed by atoms with Crippen molar-refractivity contribution < 1.29 is 0 Å². The fourth-order valence-electron chi connectivity index (χ4n) is 0.419. The highest BCUT2D eigenvalue weighted by Gasteiger charge is 2.05. The Morgan fingerprint density at radius 3 is 2.09 bits per heavy atom. The van der Waals surface area contributed by atoms with E-state index in [0.717, 1.165) is 0 Å². The molecule has 0 aliphatic heterocycles. The van der Waals surface area contributed by atoms with Gasteiger partial charge >= 0.3 is 0 Å². The summed E-state index contributed by atoms with van der Waals surface area (Å²) in [6, 6.07) is 0. The molecule has 0 aliphatic rings. The SMILES string of the molecule is C[Si](C)(C)/C=C/C#C/C=C/Cl. The first-order valence-electron chi connectivity index (χ1n) is 3.50. The standard InChI is InChI=1S/C9H13ClSi/c1-11(2,3)9-7-5-4-6-8-10/h6-9H,1-3H3/b8-6+,9-7+. The Labute approximate surface area is 75.0 Å². The molecule has 60 valence electrons. The van der Waals surface area contributed by atoms with Crippen molar-refractivity contribution in [3.05, 3.63) is 23.4 Å². The Kier molecular flexibility index (Phi) is 5.02. The van der Waals surface area contributed by atoms with Gasteiger partial charge in [0, 0.05) is 5.54 Å². The van der Waals surface area contributed by atoms with Crippen LogP contribution in [0.2, 0.25) is 19.6 Å². The van der Waals surface area contributed by atoms with Gasteiger partial charge in [0.05, 0.1) is 8.07 Å². The van der Waals surface area contributed by atoms with Crippen LogP contribution in [-0.2, 0) is 0 Å². The third kappa shape index (κ3) is 9.55. The highest BCUT2D eigenvalue weighted by atomic mass is 35.5. The van der Waals surface area contributed by atoms with Crippen molar-refractivity contribution in [3.8, 4) is 11.8 Å². The molecule has 0 saturated carbocycles. The number of allylic oxidation sites excluding steroid dienone is 2. The minimum absolute atomic E-state index is 1.06. The van der Waals surface area contributed by atoms with Gasteiger partial charge in [-0.2, -0.15) is 0 Å². The van der Waals surface area contributed by atoms with E-state index in [0.29, 0.717) is 0 Å². The van der Waals surface area contributed by atoms with Crippen LogP contribution in [0.3, 0.4) is 0 Å². The van der Waals surface area contributed by atoms with Gasteiger partial charge in [-0.25, -0.2) is 0 Å². The molecule has 0 N–H and O–H groups in total. The normalized spacial score (nSPS) is 12.0. The van der Waals surface area contributed by atoms with Crippen LogP contribution in [-0.4, -0.2) is 8.07 Å². The maximum atomic E-state index is 5.27. The van der Waals surface area contributed by atoms with Crippen molar-refractivity contribution in [3.63, 3.8) is 0 Å². The zero-order valence-electron chi connectivity index (χ0n) is 7.19. The molecule has 0 aromatic carbocycles. The lowest BCUT2D eigenvalue weighted by Crippen LogP contribution is -2.14. The van der Waals surface area contributed by atoms with Gasteiger partial charge in [-0.1, -0.05) is 48.8 Å². The lowest BCUT2D eigenvalue weighted by Gasteiger charge is -2.05. The molecule has 0 spiro atoms. The van der Waals surface area contributed by atoms with Crippen LogP contribution < -0.4 is 0 Å². The summed E-state index contributed by atoms with van der Waals surface area (Å²) in [6.07, 6.45) is 3.53. The van der Waals surface area contributed by atoms with Crippen LogP contribution >= 0.6 is 11.6 Å². The molecule has 0 aliphatic carbocycles. The molecule has 0 rings (SSSR count). The first-order valence-corrected chi connectivity index (χ1v) is 7.51. The number of rotatable bonds is 1. The Morgan fingerprint density at radius 1 is 1.09 bits per heavy atom. The van der Waals surface area contributed by atoms with Crippen molar-refractivity contribution in [2.45, 2.75) is 19.6 Å². The summed E-state index contributed by atoms with van der Waals surface area (Å²) in [4.78, 5) is 0. The summed E-state index contributed by atoms with van der Waals surface area (Å²) >= 11 is 5.27. The van der Waals surface area contributed by atoms with E-state index >= 15 is 0 Å². The largest absolute Gasteiger partial charge is 0.0923 e.